The number of carbonyl (C=O) groups excluding carboxylic acids is 5. The number of benzene rings is 2. The third kappa shape index (κ3) is 5.32. The number of aliphatic hydroxyl groups is 1. The van der Waals surface area contributed by atoms with E-state index in [-0.39, 0.29) is 71.1 Å². The lowest BCUT2D eigenvalue weighted by atomic mass is 9.75. The minimum absolute atomic E-state index is 0.00196. The molecule has 2 aliphatic carbocycles. The van der Waals surface area contributed by atoms with Gasteiger partial charge in [-0.25, -0.2) is 0 Å². The highest BCUT2D eigenvalue weighted by atomic mass is 16.3. The summed E-state index contributed by atoms with van der Waals surface area (Å²) >= 11 is 0. The van der Waals surface area contributed by atoms with Crippen molar-refractivity contribution >= 4 is 35.0 Å². The summed E-state index contributed by atoms with van der Waals surface area (Å²) in [5.74, 6) is -3.87. The van der Waals surface area contributed by atoms with E-state index in [9.17, 15) is 34.2 Å². The van der Waals surface area contributed by atoms with Gasteiger partial charge in [-0.1, -0.05) is 32.4 Å². The van der Waals surface area contributed by atoms with E-state index in [4.69, 9.17) is 10.8 Å². The maximum absolute atomic E-state index is 13.2. The lowest BCUT2D eigenvalue weighted by Gasteiger charge is -2.29. The highest BCUT2D eigenvalue weighted by Crippen LogP contribution is 2.46. The number of nitrogens with one attached hydrogen (secondary N) is 1. The number of imide groups is 1. The maximum Gasteiger partial charge on any atom is 0.253 e. The number of nitrogens with zero attached hydrogens (tertiary/aromatic N) is 1. The second-order valence-electron chi connectivity index (χ2n) is 9.43. The fraction of sp³-hybridized carbons (Fsp3) is 0.345. The number of hydrogen-bond donors (Lipinski definition) is 5. The van der Waals surface area contributed by atoms with E-state index in [0.717, 1.165) is 24.2 Å². The van der Waals surface area contributed by atoms with Crippen molar-refractivity contribution in [2.45, 2.75) is 39.5 Å². The van der Waals surface area contributed by atoms with Crippen LogP contribution in [0.1, 0.15) is 69.7 Å². The lowest BCUT2D eigenvalue weighted by Crippen LogP contribution is -2.41. The van der Waals surface area contributed by atoms with Gasteiger partial charge >= 0.3 is 0 Å². The highest BCUT2D eigenvalue weighted by Gasteiger charge is 2.40. The predicted octanol–water partition coefficient (Wildman–Crippen LogP) is 1.63. The zero-order valence-electron chi connectivity index (χ0n) is 22.6. The van der Waals surface area contributed by atoms with Crippen LogP contribution in [0.3, 0.4) is 0 Å². The monoisotopic (exact) mass is 551 g/mol. The van der Waals surface area contributed by atoms with Crippen LogP contribution in [0.5, 0.6) is 11.5 Å². The number of phenolic OH excluding ortho intramolecular Hbond substituents is 2. The molecular weight excluding hydrogens is 518 g/mol. The number of rotatable bonds is 4. The number of carbonyl (C=O) groups is 5. The van der Waals surface area contributed by atoms with E-state index >= 15 is 0 Å². The molecule has 2 aromatic carbocycles. The number of hydrogen-bond acceptors (Lipinski definition) is 9. The van der Waals surface area contributed by atoms with Crippen LogP contribution in [-0.4, -0.2) is 69.7 Å². The Morgan fingerprint density at radius 1 is 0.950 bits per heavy atom. The standard InChI is InChI=1S/C25H21N3O7.C3H8.CH4O/c26-15-3-1-2-13-18(15)24(34)20-19(22(13)32)23(33)14-10-11(4-5-12(14)21(20)31)25(35)27-8-9-28-16(29)6-7-17(28)30;1-3-2;1-2/h1-3,6-7,11,31,33H,4-5,8-10,26H2,(H,27,35);3H2,1-2H3;2H,1H3. The van der Waals surface area contributed by atoms with Crippen LogP contribution in [-0.2, 0) is 27.2 Å². The molecule has 212 valence electrons. The van der Waals surface area contributed by atoms with Gasteiger partial charge in [-0.15, -0.1) is 0 Å². The van der Waals surface area contributed by atoms with Crippen molar-refractivity contribution in [2.75, 3.05) is 25.9 Å². The quantitative estimate of drug-likeness (QED) is 0.182. The third-order valence-electron chi connectivity index (χ3n) is 6.78. The summed E-state index contributed by atoms with van der Waals surface area (Å²) < 4.78 is 0. The smallest absolute Gasteiger partial charge is 0.253 e. The van der Waals surface area contributed by atoms with Crippen LogP contribution < -0.4 is 11.1 Å². The molecule has 1 atom stereocenters. The fourth-order valence-corrected chi connectivity index (χ4v) is 5.01. The number of nitrogen functional groups attached to an aromatic ring is 1. The third-order valence-corrected chi connectivity index (χ3v) is 6.78. The number of ketones is 2. The second kappa shape index (κ2) is 12.6. The van der Waals surface area contributed by atoms with Gasteiger partial charge in [0.15, 0.2) is 11.6 Å². The normalized spacial score (nSPS) is 16.7. The van der Waals surface area contributed by atoms with E-state index in [1.165, 1.54) is 24.6 Å². The average molecular weight is 552 g/mol. The van der Waals surface area contributed by atoms with Crippen molar-refractivity contribution in [1.29, 1.82) is 0 Å². The summed E-state index contributed by atoms with van der Waals surface area (Å²) in [7, 11) is 1.00. The van der Waals surface area contributed by atoms with Crippen molar-refractivity contribution < 1.29 is 39.3 Å². The minimum Gasteiger partial charge on any atom is -0.507 e. The zero-order valence-corrected chi connectivity index (χ0v) is 22.6. The maximum atomic E-state index is 13.2. The molecule has 3 aliphatic rings. The van der Waals surface area contributed by atoms with Gasteiger partial charge in [-0.05, 0) is 25.3 Å². The number of phenols is 2. The molecule has 0 bridgehead atoms. The van der Waals surface area contributed by atoms with Gasteiger partial charge in [0.1, 0.15) is 11.5 Å². The first-order valence-electron chi connectivity index (χ1n) is 13.0. The van der Waals surface area contributed by atoms with E-state index in [1.807, 2.05) is 0 Å². The molecule has 0 saturated carbocycles. The lowest BCUT2D eigenvalue weighted by molar-refractivity contribution is -0.137. The molecule has 1 aliphatic heterocycles. The first-order chi connectivity index (χ1) is 19.1. The summed E-state index contributed by atoms with van der Waals surface area (Å²) in [5.41, 5.74) is 6.08. The van der Waals surface area contributed by atoms with Gasteiger partial charge in [0.05, 0.1) is 16.7 Å². The first kappa shape index (κ1) is 30.0. The summed E-state index contributed by atoms with van der Waals surface area (Å²) in [6.07, 6.45) is 4.15. The van der Waals surface area contributed by atoms with Crippen LogP contribution in [0.15, 0.2) is 30.4 Å². The molecule has 1 heterocycles. The topological polar surface area (TPSA) is 187 Å². The second-order valence-corrected chi connectivity index (χ2v) is 9.43. The van der Waals surface area contributed by atoms with E-state index < -0.39 is 35.0 Å². The Morgan fingerprint density at radius 3 is 2.15 bits per heavy atom. The molecule has 11 nitrogen and oxygen atoms in total. The summed E-state index contributed by atoms with van der Waals surface area (Å²) in [5, 5.41) is 31.7. The summed E-state index contributed by atoms with van der Waals surface area (Å²) in [4.78, 5) is 63.4. The van der Waals surface area contributed by atoms with Crippen LogP contribution in [0.4, 0.5) is 5.69 Å². The van der Waals surface area contributed by atoms with E-state index in [2.05, 4.69) is 19.2 Å². The molecule has 6 N–H and O–H groups in total. The average Bonchev–Trinajstić information content (AvgIpc) is 3.27. The van der Waals surface area contributed by atoms with Crippen molar-refractivity contribution in [3.63, 3.8) is 0 Å². The molecule has 5 rings (SSSR count). The number of aliphatic hydroxyl groups excluding tert-OH is 1. The molecule has 0 saturated heterocycles. The van der Waals surface area contributed by atoms with Crippen LogP contribution in [0, 0.1) is 5.92 Å². The van der Waals surface area contributed by atoms with Gasteiger partial charge in [0.25, 0.3) is 11.8 Å². The number of nitrogens with two attached hydrogens (primary N) is 1. The van der Waals surface area contributed by atoms with Crippen molar-refractivity contribution in [1.82, 2.24) is 10.2 Å². The molecule has 1 unspecified atom stereocenters. The van der Waals surface area contributed by atoms with Gasteiger partial charge < -0.3 is 26.4 Å². The molecule has 2 aromatic rings. The zero-order chi connectivity index (χ0) is 29.7. The Morgan fingerprint density at radius 2 is 1.52 bits per heavy atom. The van der Waals surface area contributed by atoms with E-state index in [1.54, 1.807) is 0 Å². The predicted molar refractivity (Wildman–Crippen MR) is 146 cm³/mol. The van der Waals surface area contributed by atoms with Crippen LogP contribution in [0.2, 0.25) is 0 Å². The number of amides is 3. The van der Waals surface area contributed by atoms with Gasteiger partial charge in [-0.2, -0.15) is 0 Å². The number of aromatic hydroxyl groups is 2. The Bertz CT molecular complexity index is 1390. The number of anilines is 1. The van der Waals surface area contributed by atoms with Gasteiger partial charge in [-0.3, -0.25) is 28.9 Å². The molecule has 0 radical (unpaired) electrons. The van der Waals surface area contributed by atoms with Crippen LogP contribution in [0.25, 0.3) is 0 Å². The Kier molecular flexibility index (Phi) is 9.43. The molecule has 0 fully saturated rings. The molecule has 0 aromatic heterocycles. The van der Waals surface area contributed by atoms with Gasteiger partial charge in [0.2, 0.25) is 5.91 Å². The first-order valence-corrected chi connectivity index (χ1v) is 13.0. The Hall–Kier alpha value is -4.51. The SMILES string of the molecule is CCC.CO.Nc1cccc2c1C(=O)c1c(O)c3c(c(O)c1C2=O)CC(C(=O)NCCN1C(=O)C=CC1=O)CC3. The molecular formula is C29H33N3O8. The van der Waals surface area contributed by atoms with Gasteiger partial charge in [0, 0.05) is 60.6 Å². The Labute approximate surface area is 231 Å². The molecule has 3 amide bonds. The van der Waals surface area contributed by atoms with Crippen LogP contribution >= 0.6 is 0 Å². The number of fused-ring (bicyclic) bond motifs is 3. The fourth-order valence-electron chi connectivity index (χ4n) is 5.01. The van der Waals surface area contributed by atoms with Crippen molar-refractivity contribution in [3.8, 4) is 11.5 Å². The highest BCUT2D eigenvalue weighted by molar-refractivity contribution is 6.32. The minimum atomic E-state index is -0.635. The molecule has 11 heteroatoms. The Balaban J connectivity index is 0.000000827. The molecule has 0 spiro atoms. The summed E-state index contributed by atoms with van der Waals surface area (Å²) in [6.45, 7) is 4.34. The van der Waals surface area contributed by atoms with E-state index in [0.29, 0.717) is 12.0 Å². The van der Waals surface area contributed by atoms with Crippen molar-refractivity contribution in [2.24, 2.45) is 5.92 Å². The largest absolute Gasteiger partial charge is 0.507 e. The summed E-state index contributed by atoms with van der Waals surface area (Å²) in [6, 6.07) is 4.45. The van der Waals surface area contributed by atoms with Crippen molar-refractivity contribution in [3.05, 3.63) is 63.7 Å². The molecule has 40 heavy (non-hydrogen) atoms.